The van der Waals surface area contributed by atoms with E-state index in [1.54, 1.807) is 6.33 Å². The maximum atomic E-state index is 12.6. The van der Waals surface area contributed by atoms with Gasteiger partial charge in [-0.3, -0.25) is 4.79 Å². The van der Waals surface area contributed by atoms with Gasteiger partial charge in [0.2, 0.25) is 5.76 Å². The second-order valence-corrected chi connectivity index (χ2v) is 5.70. The normalized spacial score (nSPS) is 15.0. The molecule has 1 aliphatic rings. The summed E-state index contributed by atoms with van der Waals surface area (Å²) in [6.07, 6.45) is 3.02. The monoisotopic (exact) mass is 335 g/mol. The van der Waals surface area contributed by atoms with Gasteiger partial charge in [0, 0.05) is 0 Å². The van der Waals surface area contributed by atoms with Crippen LogP contribution in [-0.2, 0) is 14.3 Å². The van der Waals surface area contributed by atoms with E-state index >= 15 is 0 Å². The van der Waals surface area contributed by atoms with Gasteiger partial charge in [-0.1, -0.05) is 36.4 Å². The molecule has 25 heavy (non-hydrogen) atoms. The van der Waals surface area contributed by atoms with Gasteiger partial charge in [0.15, 0.2) is 0 Å². The fourth-order valence-electron chi connectivity index (χ4n) is 2.83. The summed E-state index contributed by atoms with van der Waals surface area (Å²) in [5.74, 6) is -0.118. The third kappa shape index (κ3) is 3.19. The number of nitrogens with one attached hydrogen (secondary N) is 2. The molecule has 126 valence electrons. The van der Waals surface area contributed by atoms with Crippen LogP contribution >= 0.6 is 0 Å². The Labute approximate surface area is 144 Å². The zero-order valence-corrected chi connectivity index (χ0v) is 13.4. The first kappa shape index (κ1) is 15.3. The number of imidazole rings is 1. The summed E-state index contributed by atoms with van der Waals surface area (Å²) >= 11 is 0. The highest BCUT2D eigenvalue weighted by Gasteiger charge is 2.22. The Morgan fingerprint density at radius 3 is 2.80 bits per heavy atom. The number of aromatic nitrogens is 2. The highest BCUT2D eigenvalue weighted by molar-refractivity contribution is 5.92. The van der Waals surface area contributed by atoms with Crippen molar-refractivity contribution in [3.05, 3.63) is 78.0 Å². The molecular weight excluding hydrogens is 318 g/mol. The maximum Gasteiger partial charge on any atom is 0.290 e. The predicted molar refractivity (Wildman–Crippen MR) is 92.5 cm³/mol. The van der Waals surface area contributed by atoms with Crippen molar-refractivity contribution in [3.8, 4) is 0 Å². The van der Waals surface area contributed by atoms with Crippen LogP contribution in [-0.4, -0.2) is 29.1 Å². The van der Waals surface area contributed by atoms with Gasteiger partial charge in [0.25, 0.3) is 5.91 Å². The number of benzene rings is 2. The van der Waals surface area contributed by atoms with Crippen LogP contribution in [0.3, 0.4) is 0 Å². The van der Waals surface area contributed by atoms with Crippen molar-refractivity contribution in [3.63, 3.8) is 0 Å². The average Bonchev–Trinajstić information content (AvgIpc) is 3.15. The summed E-state index contributed by atoms with van der Waals surface area (Å²) in [7, 11) is 0. The SMILES string of the molecule is O=C(NC(c1ccccc1)c1ccc2nc[nH]c2c1)C1=COCCO1. The van der Waals surface area contributed by atoms with Crippen molar-refractivity contribution in [1.82, 2.24) is 15.3 Å². The molecule has 0 spiro atoms. The van der Waals surface area contributed by atoms with Crippen LogP contribution < -0.4 is 5.32 Å². The van der Waals surface area contributed by atoms with Gasteiger partial charge in [-0.25, -0.2) is 4.98 Å². The van der Waals surface area contributed by atoms with E-state index < -0.39 is 0 Å². The Bertz CT molecular complexity index is 918. The smallest absolute Gasteiger partial charge is 0.290 e. The molecule has 1 unspecified atom stereocenters. The lowest BCUT2D eigenvalue weighted by Gasteiger charge is -2.22. The number of ether oxygens (including phenoxy) is 2. The summed E-state index contributed by atoms with van der Waals surface area (Å²) < 4.78 is 10.6. The summed E-state index contributed by atoms with van der Waals surface area (Å²) in [6, 6.07) is 15.4. The first-order valence-corrected chi connectivity index (χ1v) is 8.05. The molecular formula is C19H17N3O3. The van der Waals surface area contributed by atoms with E-state index in [1.807, 2.05) is 48.5 Å². The van der Waals surface area contributed by atoms with E-state index in [0.29, 0.717) is 13.2 Å². The Morgan fingerprint density at radius 2 is 2.00 bits per heavy atom. The van der Waals surface area contributed by atoms with E-state index in [1.165, 1.54) is 6.26 Å². The first-order chi connectivity index (χ1) is 12.3. The second kappa shape index (κ2) is 6.68. The standard InChI is InChI=1S/C19H17N3O3/c23-19(17-11-24-8-9-25-17)22-18(13-4-2-1-3-5-13)14-6-7-15-16(10-14)21-12-20-15/h1-7,10-12,18H,8-9H2,(H,20,21)(H,22,23). The number of amides is 1. The second-order valence-electron chi connectivity index (χ2n) is 5.70. The highest BCUT2D eigenvalue weighted by atomic mass is 16.6. The number of carbonyl (C=O) groups excluding carboxylic acids is 1. The van der Waals surface area contributed by atoms with Crippen molar-refractivity contribution in [1.29, 1.82) is 0 Å². The van der Waals surface area contributed by atoms with Crippen LogP contribution in [0, 0.1) is 0 Å². The van der Waals surface area contributed by atoms with Crippen LogP contribution in [0.2, 0.25) is 0 Å². The minimum absolute atomic E-state index is 0.190. The van der Waals surface area contributed by atoms with Gasteiger partial charge in [-0.05, 0) is 23.3 Å². The number of carbonyl (C=O) groups is 1. The molecule has 1 amide bonds. The molecule has 0 saturated carbocycles. The van der Waals surface area contributed by atoms with Crippen molar-refractivity contribution in [2.24, 2.45) is 0 Å². The van der Waals surface area contributed by atoms with Crippen molar-refractivity contribution < 1.29 is 14.3 Å². The molecule has 2 aromatic carbocycles. The molecule has 1 aromatic heterocycles. The Kier molecular flexibility index (Phi) is 4.08. The van der Waals surface area contributed by atoms with E-state index in [9.17, 15) is 4.79 Å². The lowest BCUT2D eigenvalue weighted by atomic mass is 9.98. The fourth-order valence-corrected chi connectivity index (χ4v) is 2.83. The maximum absolute atomic E-state index is 12.6. The topological polar surface area (TPSA) is 76.2 Å². The molecule has 6 nitrogen and oxygen atoms in total. The zero-order chi connectivity index (χ0) is 17.1. The van der Waals surface area contributed by atoms with Crippen LogP contribution in [0.4, 0.5) is 0 Å². The van der Waals surface area contributed by atoms with E-state index in [0.717, 1.165) is 22.2 Å². The summed E-state index contributed by atoms with van der Waals surface area (Å²) in [4.78, 5) is 19.9. The molecule has 4 rings (SSSR count). The zero-order valence-electron chi connectivity index (χ0n) is 13.4. The molecule has 2 N–H and O–H groups in total. The predicted octanol–water partition coefficient (Wildman–Crippen LogP) is 2.66. The lowest BCUT2D eigenvalue weighted by Crippen LogP contribution is -2.32. The molecule has 2 heterocycles. The first-order valence-electron chi connectivity index (χ1n) is 8.05. The number of hydrogen-bond acceptors (Lipinski definition) is 4. The van der Waals surface area contributed by atoms with E-state index in [-0.39, 0.29) is 17.7 Å². The molecule has 6 heteroatoms. The highest BCUT2D eigenvalue weighted by Crippen LogP contribution is 2.25. The molecule has 1 aliphatic heterocycles. The van der Waals surface area contributed by atoms with Gasteiger partial charge >= 0.3 is 0 Å². The molecule has 0 aliphatic carbocycles. The number of fused-ring (bicyclic) bond motifs is 1. The van der Waals surface area contributed by atoms with Gasteiger partial charge in [0.1, 0.15) is 19.5 Å². The number of nitrogens with zero attached hydrogens (tertiary/aromatic N) is 1. The largest absolute Gasteiger partial charge is 0.494 e. The minimum Gasteiger partial charge on any atom is -0.494 e. The molecule has 0 saturated heterocycles. The molecule has 0 bridgehead atoms. The minimum atomic E-state index is -0.312. The summed E-state index contributed by atoms with van der Waals surface area (Å²) in [5.41, 5.74) is 3.73. The van der Waals surface area contributed by atoms with Gasteiger partial charge < -0.3 is 19.8 Å². The van der Waals surface area contributed by atoms with E-state index in [4.69, 9.17) is 9.47 Å². The van der Waals surface area contributed by atoms with Crippen molar-refractivity contribution in [2.75, 3.05) is 13.2 Å². The third-order valence-electron chi connectivity index (χ3n) is 4.06. The van der Waals surface area contributed by atoms with Crippen LogP contribution in [0.15, 0.2) is 66.9 Å². The van der Waals surface area contributed by atoms with Crippen LogP contribution in [0.25, 0.3) is 11.0 Å². The molecule has 0 radical (unpaired) electrons. The van der Waals surface area contributed by atoms with E-state index in [2.05, 4.69) is 15.3 Å². The van der Waals surface area contributed by atoms with Crippen molar-refractivity contribution >= 4 is 16.9 Å². The lowest BCUT2D eigenvalue weighted by molar-refractivity contribution is -0.122. The quantitative estimate of drug-likeness (QED) is 0.768. The van der Waals surface area contributed by atoms with Crippen molar-refractivity contribution in [2.45, 2.75) is 6.04 Å². The Hall–Kier alpha value is -3.28. The molecule has 3 aromatic rings. The number of H-pyrrole nitrogens is 1. The summed E-state index contributed by atoms with van der Waals surface area (Å²) in [5, 5.41) is 3.03. The third-order valence-corrected chi connectivity index (χ3v) is 4.06. The Balaban J connectivity index is 1.68. The Morgan fingerprint density at radius 1 is 1.12 bits per heavy atom. The van der Waals surface area contributed by atoms with Gasteiger partial charge in [0.05, 0.1) is 23.4 Å². The average molecular weight is 335 g/mol. The molecule has 1 atom stereocenters. The number of rotatable bonds is 4. The molecule has 0 fully saturated rings. The van der Waals surface area contributed by atoms with Crippen LogP contribution in [0.5, 0.6) is 0 Å². The fraction of sp³-hybridized carbons (Fsp3) is 0.158. The number of hydrogen-bond donors (Lipinski definition) is 2. The number of aromatic amines is 1. The van der Waals surface area contributed by atoms with Crippen LogP contribution in [0.1, 0.15) is 17.2 Å². The summed E-state index contributed by atoms with van der Waals surface area (Å²) in [6.45, 7) is 0.824. The van der Waals surface area contributed by atoms with Gasteiger partial charge in [-0.2, -0.15) is 0 Å². The van der Waals surface area contributed by atoms with Gasteiger partial charge in [-0.15, -0.1) is 0 Å².